The first-order valence-corrected chi connectivity index (χ1v) is 5.33. The van der Waals surface area contributed by atoms with E-state index in [9.17, 15) is 4.79 Å². The van der Waals surface area contributed by atoms with Crippen LogP contribution in [0.5, 0.6) is 0 Å². The van der Waals surface area contributed by atoms with Crippen LogP contribution in [0.2, 0.25) is 0 Å². The van der Waals surface area contributed by atoms with E-state index in [-0.39, 0.29) is 5.91 Å². The Hall–Kier alpha value is -1.51. The van der Waals surface area contributed by atoms with Gasteiger partial charge in [-0.25, -0.2) is 0 Å². The van der Waals surface area contributed by atoms with Crippen LogP contribution in [0, 0.1) is 0 Å². The molecule has 0 bridgehead atoms. The minimum atomic E-state index is 0.0647. The predicted octanol–water partition coefficient (Wildman–Crippen LogP) is 1.40. The van der Waals surface area contributed by atoms with E-state index in [1.54, 1.807) is 6.92 Å². The van der Waals surface area contributed by atoms with E-state index in [1.807, 2.05) is 18.2 Å². The number of benzene rings is 1. The van der Waals surface area contributed by atoms with E-state index in [2.05, 4.69) is 22.3 Å². The molecule has 3 nitrogen and oxygen atoms in total. The highest BCUT2D eigenvalue weighted by Gasteiger charge is 2.22. The first-order chi connectivity index (χ1) is 7.25. The molecular weight excluding hydrogens is 188 g/mol. The number of nitrogens with one attached hydrogen (secondary N) is 1. The molecule has 1 unspecified atom stereocenters. The van der Waals surface area contributed by atoms with Crippen molar-refractivity contribution in [3.63, 3.8) is 0 Å². The summed E-state index contributed by atoms with van der Waals surface area (Å²) in [6, 6.07) is 10.6. The second-order valence-electron chi connectivity index (χ2n) is 3.97. The maximum absolute atomic E-state index is 10.9. The van der Waals surface area contributed by atoms with Gasteiger partial charge in [-0.3, -0.25) is 4.79 Å². The molecule has 0 aromatic heterocycles. The van der Waals surface area contributed by atoms with Crippen LogP contribution in [-0.2, 0) is 4.79 Å². The topological polar surface area (TPSA) is 32.3 Å². The third kappa shape index (κ3) is 2.49. The zero-order chi connectivity index (χ0) is 10.7. The first kappa shape index (κ1) is 10.0. The van der Waals surface area contributed by atoms with Gasteiger partial charge in [0.1, 0.15) is 0 Å². The fourth-order valence-corrected chi connectivity index (χ4v) is 2.04. The van der Waals surface area contributed by atoms with Crippen molar-refractivity contribution < 1.29 is 4.79 Å². The Balaban J connectivity index is 1.96. The van der Waals surface area contributed by atoms with Crippen molar-refractivity contribution in [3.05, 3.63) is 30.3 Å². The number of rotatable bonds is 2. The van der Waals surface area contributed by atoms with E-state index in [0.717, 1.165) is 19.5 Å². The molecule has 0 spiro atoms. The fourth-order valence-electron chi connectivity index (χ4n) is 2.04. The zero-order valence-corrected chi connectivity index (χ0v) is 8.94. The Morgan fingerprint density at radius 1 is 1.40 bits per heavy atom. The Morgan fingerprint density at radius 3 is 2.80 bits per heavy atom. The van der Waals surface area contributed by atoms with Gasteiger partial charge < -0.3 is 10.2 Å². The summed E-state index contributed by atoms with van der Waals surface area (Å²) in [7, 11) is 0. The van der Waals surface area contributed by atoms with Crippen LogP contribution in [0.3, 0.4) is 0 Å². The van der Waals surface area contributed by atoms with E-state index in [4.69, 9.17) is 0 Å². The van der Waals surface area contributed by atoms with Crippen LogP contribution < -0.4 is 10.2 Å². The van der Waals surface area contributed by atoms with Gasteiger partial charge in [0.15, 0.2) is 0 Å². The Bertz CT molecular complexity index is 337. The number of para-hydroxylation sites is 1. The molecule has 1 amide bonds. The van der Waals surface area contributed by atoms with Crippen molar-refractivity contribution in [2.24, 2.45) is 0 Å². The molecule has 15 heavy (non-hydrogen) atoms. The van der Waals surface area contributed by atoms with Crippen LogP contribution in [0.4, 0.5) is 5.69 Å². The first-order valence-electron chi connectivity index (χ1n) is 5.33. The van der Waals surface area contributed by atoms with Gasteiger partial charge in [0, 0.05) is 31.7 Å². The second kappa shape index (κ2) is 4.34. The number of carbonyl (C=O) groups is 1. The minimum absolute atomic E-state index is 0.0647. The van der Waals surface area contributed by atoms with Gasteiger partial charge in [-0.2, -0.15) is 0 Å². The average Bonchev–Trinajstić information content (AvgIpc) is 2.67. The summed E-state index contributed by atoms with van der Waals surface area (Å²) in [5, 5.41) is 2.96. The van der Waals surface area contributed by atoms with Crippen molar-refractivity contribution in [2.45, 2.75) is 19.4 Å². The lowest BCUT2D eigenvalue weighted by molar-refractivity contribution is -0.119. The molecule has 0 saturated carbocycles. The highest BCUT2D eigenvalue weighted by Crippen LogP contribution is 2.19. The molecule has 80 valence electrons. The molecule has 1 aromatic rings. The van der Waals surface area contributed by atoms with Gasteiger partial charge in [-0.1, -0.05) is 18.2 Å². The summed E-state index contributed by atoms with van der Waals surface area (Å²) < 4.78 is 0. The normalized spacial score (nSPS) is 20.3. The number of anilines is 1. The largest absolute Gasteiger partial charge is 0.369 e. The molecule has 1 N–H and O–H groups in total. The number of nitrogens with zero attached hydrogens (tertiary/aromatic N) is 1. The third-order valence-electron chi connectivity index (χ3n) is 2.72. The van der Waals surface area contributed by atoms with E-state index in [0.29, 0.717) is 6.04 Å². The minimum Gasteiger partial charge on any atom is -0.369 e. The van der Waals surface area contributed by atoms with Gasteiger partial charge in [0.2, 0.25) is 5.91 Å². The standard InChI is InChI=1S/C12H16N2O/c1-10(15)13-11-7-8-14(9-11)12-5-3-2-4-6-12/h2-6,11H,7-9H2,1H3,(H,13,15). The lowest BCUT2D eigenvalue weighted by atomic mass is 10.2. The van der Waals surface area contributed by atoms with Crippen LogP contribution >= 0.6 is 0 Å². The maximum Gasteiger partial charge on any atom is 0.217 e. The molecule has 1 aliphatic rings. The van der Waals surface area contributed by atoms with Crippen LogP contribution in [0.15, 0.2) is 30.3 Å². The SMILES string of the molecule is CC(=O)NC1CCN(c2ccccc2)C1. The fraction of sp³-hybridized carbons (Fsp3) is 0.417. The molecule has 1 atom stereocenters. The molecule has 1 aromatic carbocycles. The summed E-state index contributed by atoms with van der Waals surface area (Å²) in [6.07, 6.45) is 1.04. The Kier molecular flexibility index (Phi) is 2.90. The highest BCUT2D eigenvalue weighted by molar-refractivity contribution is 5.73. The summed E-state index contributed by atoms with van der Waals surface area (Å²) >= 11 is 0. The van der Waals surface area contributed by atoms with Crippen LogP contribution in [0.1, 0.15) is 13.3 Å². The van der Waals surface area contributed by atoms with Gasteiger partial charge in [-0.05, 0) is 18.6 Å². The van der Waals surface area contributed by atoms with E-state index in [1.165, 1.54) is 5.69 Å². The average molecular weight is 204 g/mol. The molecule has 0 radical (unpaired) electrons. The maximum atomic E-state index is 10.9. The Labute approximate surface area is 90.1 Å². The molecule has 1 aliphatic heterocycles. The van der Waals surface area contributed by atoms with Crippen molar-refractivity contribution in [2.75, 3.05) is 18.0 Å². The van der Waals surface area contributed by atoms with E-state index < -0.39 is 0 Å². The lowest BCUT2D eigenvalue weighted by Gasteiger charge is -2.18. The van der Waals surface area contributed by atoms with Crippen LogP contribution in [-0.4, -0.2) is 25.0 Å². The van der Waals surface area contributed by atoms with Gasteiger partial charge >= 0.3 is 0 Å². The van der Waals surface area contributed by atoms with Crippen LogP contribution in [0.25, 0.3) is 0 Å². The second-order valence-corrected chi connectivity index (χ2v) is 3.97. The van der Waals surface area contributed by atoms with Gasteiger partial charge in [0.05, 0.1) is 0 Å². The molecule has 1 saturated heterocycles. The molecule has 1 fully saturated rings. The monoisotopic (exact) mass is 204 g/mol. The zero-order valence-electron chi connectivity index (χ0n) is 8.94. The van der Waals surface area contributed by atoms with Gasteiger partial charge in [-0.15, -0.1) is 0 Å². The molecule has 0 aliphatic carbocycles. The number of hydrogen-bond donors (Lipinski definition) is 1. The smallest absolute Gasteiger partial charge is 0.217 e. The van der Waals surface area contributed by atoms with Crippen molar-refractivity contribution >= 4 is 11.6 Å². The predicted molar refractivity (Wildman–Crippen MR) is 60.9 cm³/mol. The summed E-state index contributed by atoms with van der Waals surface area (Å²) in [6.45, 7) is 3.52. The number of carbonyl (C=O) groups excluding carboxylic acids is 1. The lowest BCUT2D eigenvalue weighted by Crippen LogP contribution is -2.35. The quantitative estimate of drug-likeness (QED) is 0.789. The number of amides is 1. The van der Waals surface area contributed by atoms with Crippen molar-refractivity contribution in [3.8, 4) is 0 Å². The highest BCUT2D eigenvalue weighted by atomic mass is 16.1. The molecular formula is C12H16N2O. The summed E-state index contributed by atoms with van der Waals surface area (Å²) in [5.41, 5.74) is 1.24. The third-order valence-corrected chi connectivity index (χ3v) is 2.72. The molecule has 2 rings (SSSR count). The van der Waals surface area contributed by atoms with Gasteiger partial charge in [0.25, 0.3) is 0 Å². The summed E-state index contributed by atoms with van der Waals surface area (Å²) in [5.74, 6) is 0.0647. The molecule has 1 heterocycles. The summed E-state index contributed by atoms with van der Waals surface area (Å²) in [4.78, 5) is 13.2. The number of hydrogen-bond acceptors (Lipinski definition) is 2. The van der Waals surface area contributed by atoms with Crippen molar-refractivity contribution in [1.29, 1.82) is 0 Å². The van der Waals surface area contributed by atoms with Crippen molar-refractivity contribution in [1.82, 2.24) is 5.32 Å². The van der Waals surface area contributed by atoms with E-state index >= 15 is 0 Å². The Morgan fingerprint density at radius 2 is 2.13 bits per heavy atom. The molecule has 3 heteroatoms.